The van der Waals surface area contributed by atoms with Crippen LogP contribution in [0.2, 0.25) is 0 Å². The average molecular weight is 493 g/mol. The molecule has 7 nitrogen and oxygen atoms in total. The van der Waals surface area contributed by atoms with Crippen molar-refractivity contribution in [3.63, 3.8) is 0 Å². The molecular formula is C29H36N2O5. The summed E-state index contributed by atoms with van der Waals surface area (Å²) < 4.78 is 5.79. The summed E-state index contributed by atoms with van der Waals surface area (Å²) in [6.45, 7) is 4.08. The van der Waals surface area contributed by atoms with Gasteiger partial charge >= 0.3 is 0 Å². The van der Waals surface area contributed by atoms with E-state index < -0.39 is 23.9 Å². The predicted molar refractivity (Wildman–Crippen MR) is 137 cm³/mol. The maximum absolute atomic E-state index is 11.7. The van der Waals surface area contributed by atoms with Crippen molar-refractivity contribution in [2.24, 2.45) is 11.3 Å². The van der Waals surface area contributed by atoms with Crippen LogP contribution in [0.5, 0.6) is 0 Å². The number of oxazole rings is 1. The molecule has 0 spiro atoms. The van der Waals surface area contributed by atoms with Gasteiger partial charge in [-0.05, 0) is 86.5 Å². The second-order valence-corrected chi connectivity index (χ2v) is 11.7. The molecule has 0 aliphatic heterocycles. The van der Waals surface area contributed by atoms with Crippen LogP contribution in [-0.4, -0.2) is 74.4 Å². The van der Waals surface area contributed by atoms with E-state index in [1.807, 2.05) is 38.1 Å². The van der Waals surface area contributed by atoms with Gasteiger partial charge in [-0.3, -0.25) is 0 Å². The van der Waals surface area contributed by atoms with Gasteiger partial charge in [0.05, 0.1) is 17.8 Å². The van der Waals surface area contributed by atoms with Gasteiger partial charge in [0.25, 0.3) is 0 Å². The zero-order chi connectivity index (χ0) is 25.6. The van der Waals surface area contributed by atoms with Crippen LogP contribution < -0.4 is 0 Å². The van der Waals surface area contributed by atoms with Crippen LogP contribution in [0, 0.1) is 18.3 Å². The first-order valence-electron chi connectivity index (χ1n) is 13.0. The Labute approximate surface area is 211 Å². The molecule has 1 aromatic carbocycles. The first-order valence-corrected chi connectivity index (χ1v) is 13.0. The largest absolute Gasteiger partial charge is 0.441 e. The Morgan fingerprint density at radius 2 is 1.92 bits per heavy atom. The number of aliphatic hydroxyl groups is 4. The van der Waals surface area contributed by atoms with Gasteiger partial charge < -0.3 is 29.7 Å². The van der Waals surface area contributed by atoms with Gasteiger partial charge in [-0.1, -0.05) is 30.7 Å². The maximum atomic E-state index is 11.7. The molecule has 0 amide bonds. The highest BCUT2D eigenvalue weighted by Gasteiger charge is 2.53. The van der Waals surface area contributed by atoms with E-state index >= 15 is 0 Å². The molecule has 7 atom stereocenters. The Balaban J connectivity index is 1.37. The third-order valence-electron chi connectivity index (χ3n) is 9.42. The summed E-state index contributed by atoms with van der Waals surface area (Å²) in [5, 5.41) is 45.0. The number of aromatic nitrogens is 1. The van der Waals surface area contributed by atoms with E-state index in [1.165, 1.54) is 5.57 Å². The Kier molecular flexibility index (Phi) is 5.42. The summed E-state index contributed by atoms with van der Waals surface area (Å²) in [6.07, 6.45) is 4.10. The lowest BCUT2D eigenvalue weighted by molar-refractivity contribution is -0.0922. The van der Waals surface area contributed by atoms with E-state index in [4.69, 9.17) is 4.42 Å². The average Bonchev–Trinajstić information content (AvgIpc) is 3.30. The Hall–Kier alpha value is -2.29. The molecule has 1 heterocycles. The molecule has 4 N–H and O–H groups in total. The predicted octanol–water partition coefficient (Wildman–Crippen LogP) is 3.11. The summed E-state index contributed by atoms with van der Waals surface area (Å²) in [4.78, 5) is 6.29. The van der Waals surface area contributed by atoms with E-state index in [-0.39, 0.29) is 17.4 Å². The van der Waals surface area contributed by atoms with Gasteiger partial charge in [0, 0.05) is 18.4 Å². The Morgan fingerprint density at radius 3 is 2.67 bits per heavy atom. The van der Waals surface area contributed by atoms with Gasteiger partial charge in [0.15, 0.2) is 11.5 Å². The van der Waals surface area contributed by atoms with Gasteiger partial charge in [0.1, 0.15) is 11.6 Å². The van der Waals surface area contributed by atoms with Crippen LogP contribution in [0.3, 0.4) is 0 Å². The molecule has 0 bridgehead atoms. The van der Waals surface area contributed by atoms with Crippen molar-refractivity contribution in [3.05, 3.63) is 58.5 Å². The summed E-state index contributed by atoms with van der Waals surface area (Å²) in [5.41, 5.74) is 4.85. The zero-order valence-corrected chi connectivity index (χ0v) is 21.4. The van der Waals surface area contributed by atoms with Crippen LogP contribution in [-0.2, 0) is 0 Å². The quantitative estimate of drug-likeness (QED) is 0.510. The summed E-state index contributed by atoms with van der Waals surface area (Å²) in [7, 11) is 3.72. The van der Waals surface area contributed by atoms with Crippen molar-refractivity contribution in [3.8, 4) is 0 Å². The van der Waals surface area contributed by atoms with Crippen LogP contribution in [0.15, 0.2) is 51.5 Å². The van der Waals surface area contributed by atoms with E-state index in [0.717, 1.165) is 34.2 Å². The fourth-order valence-corrected chi connectivity index (χ4v) is 7.50. The zero-order valence-electron chi connectivity index (χ0n) is 21.4. The summed E-state index contributed by atoms with van der Waals surface area (Å²) >= 11 is 0. The molecule has 0 radical (unpaired) electrons. The molecule has 4 aliphatic carbocycles. The Morgan fingerprint density at radius 1 is 1.14 bits per heavy atom. The van der Waals surface area contributed by atoms with Crippen molar-refractivity contribution in [1.29, 1.82) is 0 Å². The fourth-order valence-electron chi connectivity index (χ4n) is 7.50. The third-order valence-corrected chi connectivity index (χ3v) is 9.42. The molecule has 2 aromatic rings. The van der Waals surface area contributed by atoms with Gasteiger partial charge in [0.2, 0.25) is 0 Å². The molecule has 36 heavy (non-hydrogen) atoms. The van der Waals surface area contributed by atoms with Gasteiger partial charge in [-0.2, -0.15) is 0 Å². The molecule has 1 aromatic heterocycles. The standard InChI is InChI=1S/C29H36N2O5/c1-15-30-22-8-5-16(11-25(22)36-15)19-6-7-20-17-9-10-29(35)13-23(31(3)4)27(34)26(33)21(29)12-18(17)24(32)14-28(19,20)2/h5-6,8,11-12,20,23-24,26-27,32-35H,7,9-10,13-14H2,1-4H3. The highest BCUT2D eigenvalue weighted by atomic mass is 16.3. The summed E-state index contributed by atoms with van der Waals surface area (Å²) in [5.74, 6) is 0.842. The number of benzene rings is 1. The number of hydrogen-bond donors (Lipinski definition) is 4. The topological polar surface area (TPSA) is 110 Å². The molecular weight excluding hydrogens is 456 g/mol. The maximum Gasteiger partial charge on any atom is 0.192 e. The molecule has 7 unspecified atom stereocenters. The SMILES string of the molecule is Cc1nc2ccc(C3=CCC4C5=C(C=C6C(O)C(O)C(N(C)C)CC6(O)CC5)C(O)CC34C)cc2o1. The lowest BCUT2D eigenvalue weighted by Crippen LogP contribution is -2.58. The number of nitrogens with zero attached hydrogens (tertiary/aromatic N) is 2. The summed E-state index contributed by atoms with van der Waals surface area (Å²) in [6, 6.07) is 5.79. The van der Waals surface area contributed by atoms with E-state index in [0.29, 0.717) is 37.1 Å². The molecule has 4 aliphatic rings. The minimum atomic E-state index is -1.22. The number of aliphatic hydroxyl groups excluding tert-OH is 3. The van der Waals surface area contributed by atoms with Crippen molar-refractivity contribution in [2.75, 3.05) is 14.1 Å². The molecule has 6 rings (SSSR count). The van der Waals surface area contributed by atoms with Crippen LogP contribution >= 0.6 is 0 Å². The van der Waals surface area contributed by atoms with E-state index in [9.17, 15) is 20.4 Å². The highest BCUT2D eigenvalue weighted by molar-refractivity contribution is 5.82. The second-order valence-electron chi connectivity index (χ2n) is 11.7. The number of fused-ring (bicyclic) bond motifs is 4. The van der Waals surface area contributed by atoms with Gasteiger partial charge in [-0.25, -0.2) is 4.98 Å². The minimum absolute atomic E-state index is 0.199. The fraction of sp³-hybridized carbons (Fsp3) is 0.552. The monoisotopic (exact) mass is 492 g/mol. The molecule has 0 saturated heterocycles. The van der Waals surface area contributed by atoms with Crippen LogP contribution in [0.25, 0.3) is 16.7 Å². The minimum Gasteiger partial charge on any atom is -0.441 e. The van der Waals surface area contributed by atoms with Crippen molar-refractivity contribution < 1.29 is 24.8 Å². The van der Waals surface area contributed by atoms with Gasteiger partial charge in [-0.15, -0.1) is 0 Å². The van der Waals surface area contributed by atoms with Crippen molar-refractivity contribution in [1.82, 2.24) is 9.88 Å². The van der Waals surface area contributed by atoms with Crippen molar-refractivity contribution >= 4 is 16.7 Å². The first kappa shape index (κ1) is 24.1. The lowest BCUT2D eigenvalue weighted by Gasteiger charge is -2.46. The van der Waals surface area contributed by atoms with Crippen LogP contribution in [0.4, 0.5) is 0 Å². The Bertz CT molecular complexity index is 1320. The second kappa shape index (κ2) is 8.10. The first-order chi connectivity index (χ1) is 17.0. The number of hydrogen-bond acceptors (Lipinski definition) is 7. The highest BCUT2D eigenvalue weighted by Crippen LogP contribution is 2.60. The molecule has 1 fully saturated rings. The normalized spacial score (nSPS) is 38.4. The van der Waals surface area contributed by atoms with E-state index in [2.05, 4.69) is 30.1 Å². The number of rotatable bonds is 2. The van der Waals surface area contributed by atoms with Crippen molar-refractivity contribution in [2.45, 2.75) is 75.9 Å². The molecule has 192 valence electrons. The smallest absolute Gasteiger partial charge is 0.192 e. The molecule has 7 heteroatoms. The van der Waals surface area contributed by atoms with E-state index in [1.54, 1.807) is 0 Å². The molecule has 1 saturated carbocycles. The van der Waals surface area contributed by atoms with Crippen LogP contribution in [0.1, 0.15) is 50.5 Å². The third kappa shape index (κ3) is 3.41. The number of aryl methyl sites for hydroxylation is 1. The number of likely N-dealkylation sites (N-methyl/N-ethyl adjacent to an activating group) is 1. The number of allylic oxidation sites excluding steroid dienone is 3. The lowest BCUT2D eigenvalue weighted by atomic mass is 9.61.